The van der Waals surface area contributed by atoms with Crippen molar-refractivity contribution >= 4 is 5.96 Å². The van der Waals surface area contributed by atoms with Crippen LogP contribution in [0, 0.1) is 0 Å². The minimum Gasteiger partial charge on any atom is -0.497 e. The molecular formula is C12H19N3O. The Bertz CT molecular complexity index is 382. The van der Waals surface area contributed by atoms with Crippen LogP contribution < -0.4 is 16.2 Å². The summed E-state index contributed by atoms with van der Waals surface area (Å²) in [5, 5.41) is 0. The molecule has 4 N–H and O–H groups in total. The number of guanidine groups is 1. The molecule has 0 bridgehead atoms. The van der Waals surface area contributed by atoms with E-state index in [4.69, 9.17) is 16.2 Å². The first-order valence-electron chi connectivity index (χ1n) is 5.15. The predicted molar refractivity (Wildman–Crippen MR) is 66.7 cm³/mol. The zero-order valence-electron chi connectivity index (χ0n) is 10.0. The van der Waals surface area contributed by atoms with Crippen LogP contribution in [0.25, 0.3) is 0 Å². The Hall–Kier alpha value is -1.71. The van der Waals surface area contributed by atoms with Crippen molar-refractivity contribution in [3.8, 4) is 5.75 Å². The molecule has 16 heavy (non-hydrogen) atoms. The number of nitrogens with zero attached hydrogens (tertiary/aromatic N) is 1. The van der Waals surface area contributed by atoms with Gasteiger partial charge in [-0.2, -0.15) is 0 Å². The number of nitrogens with two attached hydrogens (primary N) is 2. The van der Waals surface area contributed by atoms with Crippen LogP contribution in [0.15, 0.2) is 29.3 Å². The van der Waals surface area contributed by atoms with Crippen LogP contribution in [0.1, 0.15) is 19.4 Å². The van der Waals surface area contributed by atoms with Gasteiger partial charge in [-0.3, -0.25) is 4.99 Å². The van der Waals surface area contributed by atoms with Crippen LogP contribution in [-0.2, 0) is 5.41 Å². The van der Waals surface area contributed by atoms with Crippen LogP contribution >= 0.6 is 0 Å². The van der Waals surface area contributed by atoms with Gasteiger partial charge in [-0.25, -0.2) is 0 Å². The van der Waals surface area contributed by atoms with E-state index in [9.17, 15) is 0 Å². The molecule has 0 radical (unpaired) electrons. The number of aliphatic imine (C=N–C) groups is 1. The number of benzene rings is 1. The van der Waals surface area contributed by atoms with Crippen molar-refractivity contribution in [1.29, 1.82) is 0 Å². The quantitative estimate of drug-likeness (QED) is 0.593. The molecule has 0 aromatic heterocycles. The van der Waals surface area contributed by atoms with Crippen LogP contribution in [0.4, 0.5) is 0 Å². The lowest BCUT2D eigenvalue weighted by molar-refractivity contribution is 0.412. The average Bonchev–Trinajstić information content (AvgIpc) is 2.27. The Morgan fingerprint density at radius 3 is 2.62 bits per heavy atom. The second-order valence-corrected chi connectivity index (χ2v) is 4.36. The number of ether oxygens (including phenoxy) is 1. The van der Waals surface area contributed by atoms with Gasteiger partial charge in [0.15, 0.2) is 5.96 Å². The van der Waals surface area contributed by atoms with Crippen molar-refractivity contribution in [1.82, 2.24) is 0 Å². The third-order valence-electron chi connectivity index (χ3n) is 2.51. The Balaban J connectivity index is 2.92. The molecule has 1 rings (SSSR count). The molecule has 0 aliphatic carbocycles. The zero-order valence-corrected chi connectivity index (χ0v) is 10.0. The summed E-state index contributed by atoms with van der Waals surface area (Å²) in [6, 6.07) is 7.93. The van der Waals surface area contributed by atoms with Crippen molar-refractivity contribution in [3.05, 3.63) is 29.8 Å². The van der Waals surface area contributed by atoms with Gasteiger partial charge in [0.1, 0.15) is 5.75 Å². The SMILES string of the molecule is COc1cccc(C(C)(C)CN=C(N)N)c1. The second-order valence-electron chi connectivity index (χ2n) is 4.36. The Morgan fingerprint density at radius 2 is 2.06 bits per heavy atom. The van der Waals surface area contributed by atoms with Crippen LogP contribution in [0.5, 0.6) is 5.75 Å². The molecule has 0 aliphatic heterocycles. The molecule has 0 fully saturated rings. The van der Waals surface area contributed by atoms with Crippen LogP contribution in [0.2, 0.25) is 0 Å². The van der Waals surface area contributed by atoms with Gasteiger partial charge < -0.3 is 16.2 Å². The highest BCUT2D eigenvalue weighted by molar-refractivity contribution is 5.75. The van der Waals surface area contributed by atoms with E-state index in [0.29, 0.717) is 6.54 Å². The minimum absolute atomic E-state index is 0.113. The van der Waals surface area contributed by atoms with E-state index in [1.165, 1.54) is 0 Å². The highest BCUT2D eigenvalue weighted by atomic mass is 16.5. The highest BCUT2D eigenvalue weighted by Gasteiger charge is 2.20. The lowest BCUT2D eigenvalue weighted by atomic mass is 9.85. The molecule has 88 valence electrons. The third kappa shape index (κ3) is 3.15. The van der Waals surface area contributed by atoms with Gasteiger partial charge in [0, 0.05) is 5.41 Å². The fourth-order valence-corrected chi connectivity index (χ4v) is 1.42. The van der Waals surface area contributed by atoms with Gasteiger partial charge >= 0.3 is 0 Å². The molecule has 1 aromatic rings. The number of hydrogen-bond donors (Lipinski definition) is 2. The van der Waals surface area contributed by atoms with Crippen molar-refractivity contribution in [2.75, 3.05) is 13.7 Å². The van der Waals surface area contributed by atoms with Gasteiger partial charge in [0.25, 0.3) is 0 Å². The summed E-state index contributed by atoms with van der Waals surface area (Å²) >= 11 is 0. The van der Waals surface area contributed by atoms with Gasteiger partial charge in [-0.1, -0.05) is 26.0 Å². The standard InChI is InChI=1S/C12H19N3O/c1-12(2,8-15-11(13)14)9-5-4-6-10(7-9)16-3/h4-7H,8H2,1-3H3,(H4,13,14,15). The normalized spacial score (nSPS) is 10.9. The van der Waals surface area contributed by atoms with Crippen molar-refractivity contribution in [3.63, 3.8) is 0 Å². The smallest absolute Gasteiger partial charge is 0.185 e. The first kappa shape index (κ1) is 12.4. The lowest BCUT2D eigenvalue weighted by Gasteiger charge is -2.23. The molecule has 0 atom stereocenters. The van der Waals surface area contributed by atoms with Crippen molar-refractivity contribution < 1.29 is 4.74 Å². The van der Waals surface area contributed by atoms with E-state index in [-0.39, 0.29) is 11.4 Å². The Labute approximate surface area is 96.3 Å². The van der Waals surface area contributed by atoms with E-state index in [2.05, 4.69) is 18.8 Å². The van der Waals surface area contributed by atoms with Gasteiger partial charge in [-0.05, 0) is 17.7 Å². The predicted octanol–water partition coefficient (Wildman–Crippen LogP) is 1.25. The topological polar surface area (TPSA) is 73.6 Å². The molecule has 0 aliphatic rings. The summed E-state index contributed by atoms with van der Waals surface area (Å²) in [5.74, 6) is 0.964. The number of methoxy groups -OCH3 is 1. The molecule has 0 saturated carbocycles. The molecule has 4 heteroatoms. The maximum atomic E-state index is 5.34. The van der Waals surface area contributed by atoms with Crippen LogP contribution in [-0.4, -0.2) is 19.6 Å². The highest BCUT2D eigenvalue weighted by Crippen LogP contribution is 2.26. The zero-order chi connectivity index (χ0) is 12.2. The molecule has 0 spiro atoms. The van der Waals surface area contributed by atoms with Gasteiger partial charge in [-0.15, -0.1) is 0 Å². The fraction of sp³-hybridized carbons (Fsp3) is 0.417. The summed E-state index contributed by atoms with van der Waals surface area (Å²) < 4.78 is 5.19. The largest absolute Gasteiger partial charge is 0.497 e. The molecule has 0 amide bonds. The average molecular weight is 221 g/mol. The molecular weight excluding hydrogens is 202 g/mol. The molecule has 0 unspecified atom stereocenters. The van der Waals surface area contributed by atoms with Crippen molar-refractivity contribution in [2.45, 2.75) is 19.3 Å². The summed E-state index contributed by atoms with van der Waals surface area (Å²) in [6.07, 6.45) is 0. The van der Waals surface area contributed by atoms with E-state index >= 15 is 0 Å². The van der Waals surface area contributed by atoms with Crippen molar-refractivity contribution in [2.24, 2.45) is 16.5 Å². The van der Waals surface area contributed by atoms with E-state index < -0.39 is 0 Å². The van der Waals surface area contributed by atoms with E-state index in [1.807, 2.05) is 24.3 Å². The monoisotopic (exact) mass is 221 g/mol. The third-order valence-corrected chi connectivity index (χ3v) is 2.51. The summed E-state index contributed by atoms with van der Waals surface area (Å²) in [7, 11) is 1.65. The fourth-order valence-electron chi connectivity index (χ4n) is 1.42. The summed E-state index contributed by atoms with van der Waals surface area (Å²) in [4.78, 5) is 4.06. The van der Waals surface area contributed by atoms with Gasteiger partial charge in [0.05, 0.1) is 13.7 Å². The first-order chi connectivity index (χ1) is 7.45. The summed E-state index contributed by atoms with van der Waals surface area (Å²) in [6.45, 7) is 4.74. The molecule has 0 heterocycles. The Morgan fingerprint density at radius 1 is 1.38 bits per heavy atom. The number of rotatable bonds is 4. The van der Waals surface area contributed by atoms with E-state index in [0.717, 1.165) is 11.3 Å². The molecule has 1 aromatic carbocycles. The summed E-state index contributed by atoms with van der Waals surface area (Å²) in [5.41, 5.74) is 11.7. The van der Waals surface area contributed by atoms with Crippen LogP contribution in [0.3, 0.4) is 0 Å². The molecule has 4 nitrogen and oxygen atoms in total. The Kier molecular flexibility index (Phi) is 3.77. The maximum absolute atomic E-state index is 5.34. The number of hydrogen-bond acceptors (Lipinski definition) is 2. The van der Waals surface area contributed by atoms with E-state index in [1.54, 1.807) is 7.11 Å². The molecule has 0 saturated heterocycles. The minimum atomic E-state index is -0.113. The maximum Gasteiger partial charge on any atom is 0.185 e. The lowest BCUT2D eigenvalue weighted by Crippen LogP contribution is -2.28. The second kappa shape index (κ2) is 4.88. The first-order valence-corrected chi connectivity index (χ1v) is 5.15. The van der Waals surface area contributed by atoms with Gasteiger partial charge in [0.2, 0.25) is 0 Å².